The van der Waals surface area contributed by atoms with Crippen LogP contribution in [0.5, 0.6) is 11.5 Å². The Kier molecular flexibility index (Phi) is 5.76. The zero-order valence-electron chi connectivity index (χ0n) is 15.7. The van der Waals surface area contributed by atoms with Crippen LogP contribution in [0, 0.1) is 6.92 Å². The quantitative estimate of drug-likeness (QED) is 0.698. The van der Waals surface area contributed by atoms with Crippen LogP contribution in [0.2, 0.25) is 0 Å². The summed E-state index contributed by atoms with van der Waals surface area (Å²) in [4.78, 5) is 12.3. The van der Waals surface area contributed by atoms with Gasteiger partial charge in [0.25, 0.3) is 5.91 Å². The molecule has 1 aromatic heterocycles. The predicted molar refractivity (Wildman–Crippen MR) is 104 cm³/mol. The minimum Gasteiger partial charge on any atom is -0.493 e. The maximum Gasteiger partial charge on any atom is 0.251 e. The second-order valence-corrected chi connectivity index (χ2v) is 6.13. The number of benzene rings is 2. The van der Waals surface area contributed by atoms with Crippen LogP contribution in [-0.2, 0) is 6.42 Å². The molecule has 1 heterocycles. The van der Waals surface area contributed by atoms with Crippen LogP contribution in [0.3, 0.4) is 0 Å². The number of aromatic nitrogens is 2. The van der Waals surface area contributed by atoms with E-state index >= 15 is 0 Å². The lowest BCUT2D eigenvalue weighted by Gasteiger charge is -2.10. The van der Waals surface area contributed by atoms with Crippen molar-refractivity contribution in [3.63, 3.8) is 0 Å². The summed E-state index contributed by atoms with van der Waals surface area (Å²) in [5, 5.41) is 7.21. The van der Waals surface area contributed by atoms with Gasteiger partial charge in [-0.25, -0.2) is 4.68 Å². The summed E-state index contributed by atoms with van der Waals surface area (Å²) >= 11 is 0. The highest BCUT2D eigenvalue weighted by Crippen LogP contribution is 2.27. The average Bonchev–Trinajstić information content (AvgIpc) is 3.13. The van der Waals surface area contributed by atoms with Crippen molar-refractivity contribution in [2.45, 2.75) is 13.3 Å². The number of ether oxygens (including phenoxy) is 2. The number of nitrogens with one attached hydrogen (secondary N) is 1. The normalized spacial score (nSPS) is 10.5. The van der Waals surface area contributed by atoms with E-state index in [1.54, 1.807) is 20.4 Å². The summed E-state index contributed by atoms with van der Waals surface area (Å²) < 4.78 is 12.4. The van der Waals surface area contributed by atoms with E-state index in [9.17, 15) is 4.79 Å². The monoisotopic (exact) mass is 365 g/mol. The SMILES string of the molecule is COc1ccc(CCNC(=O)c2ccc(-n3nccc3C)cc2)cc1OC. The van der Waals surface area contributed by atoms with Crippen LogP contribution < -0.4 is 14.8 Å². The van der Waals surface area contributed by atoms with Crippen LogP contribution in [0.4, 0.5) is 0 Å². The highest BCUT2D eigenvalue weighted by Gasteiger charge is 2.08. The first-order chi connectivity index (χ1) is 13.1. The first kappa shape index (κ1) is 18.5. The van der Waals surface area contributed by atoms with Crippen LogP contribution in [0.25, 0.3) is 5.69 Å². The molecule has 3 rings (SSSR count). The van der Waals surface area contributed by atoms with Crippen molar-refractivity contribution in [1.82, 2.24) is 15.1 Å². The predicted octanol–water partition coefficient (Wildman–Crippen LogP) is 3.17. The zero-order valence-corrected chi connectivity index (χ0v) is 15.7. The summed E-state index contributed by atoms with van der Waals surface area (Å²) in [6, 6.07) is 15.1. The molecule has 140 valence electrons. The molecule has 0 aliphatic carbocycles. The zero-order chi connectivity index (χ0) is 19.2. The lowest BCUT2D eigenvalue weighted by Crippen LogP contribution is -2.25. The minimum atomic E-state index is -0.0980. The molecule has 1 amide bonds. The fourth-order valence-corrected chi connectivity index (χ4v) is 2.85. The molecule has 2 aromatic carbocycles. The van der Waals surface area contributed by atoms with Gasteiger partial charge in [0.2, 0.25) is 0 Å². The Morgan fingerprint density at radius 1 is 1.04 bits per heavy atom. The number of hydrogen-bond acceptors (Lipinski definition) is 4. The van der Waals surface area contributed by atoms with Gasteiger partial charge in [-0.3, -0.25) is 4.79 Å². The molecule has 1 N–H and O–H groups in total. The van der Waals surface area contributed by atoms with Crippen LogP contribution in [0.15, 0.2) is 54.7 Å². The van der Waals surface area contributed by atoms with Crippen LogP contribution in [0.1, 0.15) is 21.6 Å². The fraction of sp³-hybridized carbons (Fsp3) is 0.238. The van der Waals surface area contributed by atoms with Gasteiger partial charge in [-0.15, -0.1) is 0 Å². The molecular formula is C21H23N3O3. The summed E-state index contributed by atoms with van der Waals surface area (Å²) in [6.45, 7) is 2.52. The lowest BCUT2D eigenvalue weighted by molar-refractivity contribution is 0.0954. The molecule has 6 nitrogen and oxygen atoms in total. The lowest BCUT2D eigenvalue weighted by atomic mass is 10.1. The Morgan fingerprint density at radius 2 is 1.78 bits per heavy atom. The largest absolute Gasteiger partial charge is 0.493 e. The van der Waals surface area contributed by atoms with E-state index in [1.165, 1.54) is 0 Å². The molecule has 0 unspecified atom stereocenters. The summed E-state index contributed by atoms with van der Waals surface area (Å²) in [5.74, 6) is 1.28. The van der Waals surface area contributed by atoms with Crippen molar-refractivity contribution in [2.75, 3.05) is 20.8 Å². The van der Waals surface area contributed by atoms with Gasteiger partial charge in [-0.05, 0) is 61.4 Å². The molecule has 0 atom stereocenters. The molecule has 0 spiro atoms. The Morgan fingerprint density at radius 3 is 2.41 bits per heavy atom. The van der Waals surface area contributed by atoms with Crippen LogP contribution >= 0.6 is 0 Å². The number of carbonyl (C=O) groups excluding carboxylic acids is 1. The van der Waals surface area contributed by atoms with Gasteiger partial charge in [-0.1, -0.05) is 6.07 Å². The Bertz CT molecular complexity index is 917. The van der Waals surface area contributed by atoms with Gasteiger partial charge in [0.1, 0.15) is 0 Å². The third-order valence-electron chi connectivity index (χ3n) is 4.35. The molecular weight excluding hydrogens is 342 g/mol. The smallest absolute Gasteiger partial charge is 0.251 e. The molecule has 0 saturated heterocycles. The van der Waals surface area contributed by atoms with E-state index in [-0.39, 0.29) is 5.91 Å². The molecule has 3 aromatic rings. The summed E-state index contributed by atoms with van der Waals surface area (Å²) in [5.41, 5.74) is 3.66. The molecule has 27 heavy (non-hydrogen) atoms. The number of aryl methyl sites for hydroxylation is 1. The second-order valence-electron chi connectivity index (χ2n) is 6.13. The number of amides is 1. The van der Waals surface area contributed by atoms with Gasteiger partial charge >= 0.3 is 0 Å². The Hall–Kier alpha value is -3.28. The summed E-state index contributed by atoms with van der Waals surface area (Å²) in [6.07, 6.45) is 2.46. The van der Waals surface area contributed by atoms with E-state index in [2.05, 4.69) is 10.4 Å². The molecule has 0 saturated carbocycles. The number of carbonyl (C=O) groups is 1. The van der Waals surface area contributed by atoms with Gasteiger partial charge in [0.15, 0.2) is 11.5 Å². The standard InChI is InChI=1S/C21H23N3O3/c1-15-10-13-23-24(15)18-7-5-17(6-8-18)21(25)22-12-11-16-4-9-19(26-2)20(14-16)27-3/h4-10,13-14H,11-12H2,1-3H3,(H,22,25). The van der Waals surface area contributed by atoms with Gasteiger partial charge < -0.3 is 14.8 Å². The Balaban J connectivity index is 1.57. The molecule has 0 aliphatic heterocycles. The van der Waals surface area contributed by atoms with E-state index in [0.29, 0.717) is 30.0 Å². The average molecular weight is 365 g/mol. The minimum absolute atomic E-state index is 0.0980. The van der Waals surface area contributed by atoms with Crippen molar-refractivity contribution in [3.8, 4) is 17.2 Å². The molecule has 0 bridgehead atoms. The molecule has 0 fully saturated rings. The first-order valence-corrected chi connectivity index (χ1v) is 8.72. The van der Waals surface area contributed by atoms with Gasteiger partial charge in [-0.2, -0.15) is 5.10 Å². The van der Waals surface area contributed by atoms with E-state index < -0.39 is 0 Å². The van der Waals surface area contributed by atoms with Crippen molar-refractivity contribution in [3.05, 3.63) is 71.5 Å². The maximum atomic E-state index is 12.3. The Labute approximate surface area is 158 Å². The van der Waals surface area contributed by atoms with E-state index in [4.69, 9.17) is 9.47 Å². The van der Waals surface area contributed by atoms with E-state index in [1.807, 2.05) is 60.1 Å². The number of rotatable bonds is 7. The molecule has 0 radical (unpaired) electrons. The third-order valence-corrected chi connectivity index (χ3v) is 4.35. The maximum absolute atomic E-state index is 12.3. The van der Waals surface area contributed by atoms with E-state index in [0.717, 1.165) is 16.9 Å². The number of nitrogens with zero attached hydrogens (tertiary/aromatic N) is 2. The highest BCUT2D eigenvalue weighted by molar-refractivity contribution is 5.94. The number of hydrogen-bond donors (Lipinski definition) is 1. The molecule has 0 aliphatic rings. The third kappa shape index (κ3) is 4.28. The van der Waals surface area contributed by atoms with Crippen LogP contribution in [-0.4, -0.2) is 36.5 Å². The second kappa shape index (κ2) is 8.40. The van der Waals surface area contributed by atoms with Crippen molar-refractivity contribution >= 4 is 5.91 Å². The first-order valence-electron chi connectivity index (χ1n) is 8.72. The highest BCUT2D eigenvalue weighted by atomic mass is 16.5. The number of methoxy groups -OCH3 is 2. The fourth-order valence-electron chi connectivity index (χ4n) is 2.85. The molecule has 6 heteroatoms. The van der Waals surface area contributed by atoms with Crippen molar-refractivity contribution in [1.29, 1.82) is 0 Å². The van der Waals surface area contributed by atoms with Crippen molar-refractivity contribution < 1.29 is 14.3 Å². The summed E-state index contributed by atoms with van der Waals surface area (Å²) in [7, 11) is 3.22. The van der Waals surface area contributed by atoms with Gasteiger partial charge in [0, 0.05) is 24.0 Å². The van der Waals surface area contributed by atoms with Crippen molar-refractivity contribution in [2.24, 2.45) is 0 Å². The topological polar surface area (TPSA) is 65.4 Å². The van der Waals surface area contributed by atoms with Gasteiger partial charge in [0.05, 0.1) is 19.9 Å².